The average Bonchev–Trinajstić information content (AvgIpc) is 2.61. The largest absolute Gasteiger partial charge is 0.442 e. The maximum absolute atomic E-state index is 11.6. The highest BCUT2D eigenvalue weighted by Gasteiger charge is 2.32. The van der Waals surface area contributed by atoms with E-state index in [0.717, 1.165) is 5.56 Å². The van der Waals surface area contributed by atoms with Crippen LogP contribution in [-0.4, -0.2) is 31.2 Å². The van der Waals surface area contributed by atoms with Crippen LogP contribution < -0.4 is 9.47 Å². The summed E-state index contributed by atoms with van der Waals surface area (Å²) in [6.45, 7) is 1.92. The molecule has 2 rings (SSSR count). The van der Waals surface area contributed by atoms with E-state index < -0.39 is 6.29 Å². The van der Waals surface area contributed by atoms with Crippen LogP contribution in [0.1, 0.15) is 5.56 Å². The van der Waals surface area contributed by atoms with E-state index in [9.17, 15) is 4.79 Å². The van der Waals surface area contributed by atoms with E-state index in [2.05, 4.69) is 0 Å². The molecule has 1 heterocycles. The lowest BCUT2D eigenvalue weighted by Gasteiger charge is -2.14. The number of para-hydroxylation sites is 1. The second-order valence-corrected chi connectivity index (χ2v) is 3.70. The van der Waals surface area contributed by atoms with Crippen molar-refractivity contribution in [2.75, 3.05) is 14.1 Å². The molecule has 1 aromatic carbocycles. The molecule has 1 aliphatic heterocycles. The molecular formula is C11H13NO3. The smallest absolute Gasteiger partial charge is 0.321 e. The first-order valence-corrected chi connectivity index (χ1v) is 4.73. The average molecular weight is 207 g/mol. The summed E-state index contributed by atoms with van der Waals surface area (Å²) in [5.74, 6) is 1.11. The van der Waals surface area contributed by atoms with Crippen molar-refractivity contribution in [1.29, 1.82) is 0 Å². The van der Waals surface area contributed by atoms with Gasteiger partial charge >= 0.3 is 12.2 Å². The van der Waals surface area contributed by atoms with E-state index in [0.29, 0.717) is 11.5 Å². The Morgan fingerprint density at radius 3 is 2.67 bits per heavy atom. The minimum atomic E-state index is -0.837. The molecule has 0 N–H and O–H groups in total. The van der Waals surface area contributed by atoms with Gasteiger partial charge in [-0.2, -0.15) is 0 Å². The highest BCUT2D eigenvalue weighted by Crippen LogP contribution is 2.37. The minimum Gasteiger partial charge on any atom is -0.442 e. The van der Waals surface area contributed by atoms with Crippen LogP contribution in [0.2, 0.25) is 0 Å². The number of nitrogens with zero attached hydrogens (tertiary/aromatic N) is 1. The van der Waals surface area contributed by atoms with Crippen molar-refractivity contribution < 1.29 is 14.3 Å². The van der Waals surface area contributed by atoms with E-state index >= 15 is 0 Å². The van der Waals surface area contributed by atoms with E-state index in [1.807, 2.05) is 19.1 Å². The number of amides is 1. The maximum atomic E-state index is 11.6. The van der Waals surface area contributed by atoms with Crippen LogP contribution in [0.5, 0.6) is 11.5 Å². The number of carbonyl (C=O) groups is 1. The quantitative estimate of drug-likeness (QED) is 0.694. The molecule has 1 atom stereocenters. The molecule has 80 valence electrons. The third-order valence-corrected chi connectivity index (χ3v) is 2.28. The van der Waals surface area contributed by atoms with Gasteiger partial charge in [-0.05, 0) is 18.6 Å². The van der Waals surface area contributed by atoms with Crippen molar-refractivity contribution in [2.24, 2.45) is 0 Å². The zero-order chi connectivity index (χ0) is 11.0. The molecule has 4 heteroatoms. The van der Waals surface area contributed by atoms with Crippen molar-refractivity contribution in [3.63, 3.8) is 0 Å². The first-order valence-electron chi connectivity index (χ1n) is 4.73. The Morgan fingerprint density at radius 2 is 2.07 bits per heavy atom. The van der Waals surface area contributed by atoms with Crippen LogP contribution in [0, 0.1) is 6.92 Å². The van der Waals surface area contributed by atoms with Gasteiger partial charge < -0.3 is 14.4 Å². The summed E-state index contributed by atoms with van der Waals surface area (Å²) in [5.41, 5.74) is 0.974. The van der Waals surface area contributed by atoms with Gasteiger partial charge in [-0.3, -0.25) is 4.79 Å². The Bertz CT molecular complexity index is 401. The molecule has 0 saturated carbocycles. The molecule has 0 spiro atoms. The lowest BCUT2D eigenvalue weighted by Crippen LogP contribution is -2.38. The second kappa shape index (κ2) is 3.46. The molecule has 0 aromatic heterocycles. The van der Waals surface area contributed by atoms with Crippen LogP contribution in [0.3, 0.4) is 0 Å². The van der Waals surface area contributed by atoms with Gasteiger partial charge in [-0.1, -0.05) is 12.1 Å². The van der Waals surface area contributed by atoms with Crippen molar-refractivity contribution in [2.45, 2.75) is 13.2 Å². The number of hydrogen-bond acceptors (Lipinski definition) is 3. The van der Waals surface area contributed by atoms with E-state index in [1.54, 1.807) is 20.2 Å². The normalized spacial score (nSPS) is 17.7. The number of likely N-dealkylation sites (N-methyl/N-ethyl adjacent to an activating group) is 1. The standard InChI is InChI=1S/C11H13NO3/c1-7-5-4-6-8-9(7)15-11(14-8)10(13)12(2)3/h4-6,11H,1-3H3. The van der Waals surface area contributed by atoms with Crippen LogP contribution in [0.15, 0.2) is 18.2 Å². The number of carbonyl (C=O) groups excluding carboxylic acids is 1. The van der Waals surface area contributed by atoms with Crippen LogP contribution in [0.25, 0.3) is 0 Å². The highest BCUT2D eigenvalue weighted by molar-refractivity contribution is 5.80. The summed E-state index contributed by atoms with van der Waals surface area (Å²) in [5, 5.41) is 0. The van der Waals surface area contributed by atoms with Gasteiger partial charge in [-0.15, -0.1) is 0 Å². The monoisotopic (exact) mass is 207 g/mol. The first kappa shape index (κ1) is 9.83. The molecule has 0 fully saturated rings. The van der Waals surface area contributed by atoms with Crippen molar-refractivity contribution in [3.8, 4) is 11.5 Å². The molecule has 0 aliphatic carbocycles. The zero-order valence-corrected chi connectivity index (χ0v) is 8.98. The third kappa shape index (κ3) is 1.63. The molecule has 0 bridgehead atoms. The van der Waals surface area contributed by atoms with Gasteiger partial charge in [0.15, 0.2) is 11.5 Å². The van der Waals surface area contributed by atoms with Crippen molar-refractivity contribution >= 4 is 5.91 Å². The fourth-order valence-electron chi connectivity index (χ4n) is 1.43. The summed E-state index contributed by atoms with van der Waals surface area (Å²) in [6, 6.07) is 5.59. The Labute approximate surface area is 88.4 Å². The Hall–Kier alpha value is -1.71. The van der Waals surface area contributed by atoms with Crippen LogP contribution in [0.4, 0.5) is 0 Å². The summed E-state index contributed by atoms with van der Waals surface area (Å²) in [6.07, 6.45) is -0.837. The summed E-state index contributed by atoms with van der Waals surface area (Å²) < 4.78 is 10.8. The lowest BCUT2D eigenvalue weighted by molar-refractivity contribution is -0.145. The van der Waals surface area contributed by atoms with Gasteiger partial charge in [0.25, 0.3) is 0 Å². The number of rotatable bonds is 1. The van der Waals surface area contributed by atoms with Crippen LogP contribution in [-0.2, 0) is 4.79 Å². The second-order valence-electron chi connectivity index (χ2n) is 3.70. The van der Waals surface area contributed by atoms with Gasteiger partial charge in [0.1, 0.15) is 0 Å². The zero-order valence-electron chi connectivity index (χ0n) is 8.98. The summed E-state index contributed by atoms with van der Waals surface area (Å²) in [7, 11) is 3.34. The summed E-state index contributed by atoms with van der Waals surface area (Å²) in [4.78, 5) is 13.1. The SMILES string of the molecule is Cc1cccc2c1OC(C(=O)N(C)C)O2. The minimum absolute atomic E-state index is 0.189. The molecule has 1 aromatic rings. The predicted octanol–water partition coefficient (Wildman–Crippen LogP) is 1.18. The van der Waals surface area contributed by atoms with Gasteiger partial charge in [0.05, 0.1) is 0 Å². The molecule has 1 unspecified atom stereocenters. The molecule has 15 heavy (non-hydrogen) atoms. The molecule has 0 saturated heterocycles. The highest BCUT2D eigenvalue weighted by atomic mass is 16.7. The number of ether oxygens (including phenoxy) is 2. The number of aryl methyl sites for hydroxylation is 1. The van der Waals surface area contributed by atoms with Crippen molar-refractivity contribution in [3.05, 3.63) is 23.8 Å². The van der Waals surface area contributed by atoms with Gasteiger partial charge in [0.2, 0.25) is 0 Å². The lowest BCUT2D eigenvalue weighted by atomic mass is 10.2. The Kier molecular flexibility index (Phi) is 2.26. The van der Waals surface area contributed by atoms with E-state index in [1.165, 1.54) is 4.90 Å². The summed E-state index contributed by atoms with van der Waals surface area (Å²) >= 11 is 0. The molecular weight excluding hydrogens is 194 g/mol. The molecule has 1 amide bonds. The maximum Gasteiger partial charge on any atom is 0.321 e. The molecule has 1 aliphatic rings. The predicted molar refractivity (Wildman–Crippen MR) is 54.9 cm³/mol. The van der Waals surface area contributed by atoms with Crippen molar-refractivity contribution in [1.82, 2.24) is 4.90 Å². The molecule has 4 nitrogen and oxygen atoms in total. The Morgan fingerprint density at radius 1 is 1.33 bits per heavy atom. The number of benzene rings is 1. The Balaban J connectivity index is 2.23. The fraction of sp³-hybridized carbons (Fsp3) is 0.364. The van der Waals surface area contributed by atoms with Gasteiger partial charge in [-0.25, -0.2) is 0 Å². The van der Waals surface area contributed by atoms with Crippen LogP contribution >= 0.6 is 0 Å². The van der Waals surface area contributed by atoms with E-state index in [-0.39, 0.29) is 5.91 Å². The fourth-order valence-corrected chi connectivity index (χ4v) is 1.43. The first-order chi connectivity index (χ1) is 7.09. The molecule has 0 radical (unpaired) electrons. The topological polar surface area (TPSA) is 38.8 Å². The van der Waals surface area contributed by atoms with E-state index in [4.69, 9.17) is 9.47 Å². The number of fused-ring (bicyclic) bond motifs is 1. The number of hydrogen-bond donors (Lipinski definition) is 0. The van der Waals surface area contributed by atoms with Gasteiger partial charge in [0, 0.05) is 14.1 Å². The third-order valence-electron chi connectivity index (χ3n) is 2.28.